The molecule has 8 heteroatoms. The van der Waals surface area contributed by atoms with Gasteiger partial charge >= 0.3 is 5.97 Å². The number of carbonyl (C=O) groups is 1. The minimum atomic E-state index is -3.93. The number of rotatable bonds is 5. The molecule has 3 rings (SSSR count). The molecule has 0 amide bonds. The van der Waals surface area contributed by atoms with Crippen molar-refractivity contribution < 1.29 is 27.1 Å². The molecule has 26 heavy (non-hydrogen) atoms. The molecule has 0 radical (unpaired) electrons. The van der Waals surface area contributed by atoms with Gasteiger partial charge in [-0.15, -0.1) is 0 Å². The van der Waals surface area contributed by atoms with E-state index in [9.17, 15) is 22.0 Å². The summed E-state index contributed by atoms with van der Waals surface area (Å²) in [7, 11) is -3.93. The Morgan fingerprint density at radius 2 is 1.77 bits per heavy atom. The normalized spacial score (nSPS) is 14.2. The second-order valence-corrected chi connectivity index (χ2v) is 7.98. The molecule has 5 nitrogen and oxygen atoms in total. The van der Waals surface area contributed by atoms with Crippen LogP contribution in [0.15, 0.2) is 41.3 Å². The molecule has 138 valence electrons. The largest absolute Gasteiger partial charge is 0.481 e. The smallest absolute Gasteiger partial charge is 0.303 e. The number of halogens is 2. The number of sulfonamides is 1. The monoisotopic (exact) mass is 381 g/mol. The van der Waals surface area contributed by atoms with Crippen molar-refractivity contribution in [1.29, 1.82) is 0 Å². The SMILES string of the molecule is O=C(O)CCc1ccc(S(=O)(=O)N2CCCc3cc(F)c(F)cc32)cc1. The Hall–Kier alpha value is -2.48. The van der Waals surface area contributed by atoms with Gasteiger partial charge in [0.1, 0.15) is 0 Å². The number of hydrogen-bond acceptors (Lipinski definition) is 3. The van der Waals surface area contributed by atoms with Crippen molar-refractivity contribution in [3.05, 3.63) is 59.2 Å². The van der Waals surface area contributed by atoms with E-state index in [0.717, 1.165) is 16.4 Å². The van der Waals surface area contributed by atoms with Crippen LogP contribution in [0, 0.1) is 11.6 Å². The second kappa shape index (κ2) is 7.03. The molecule has 1 aliphatic rings. The van der Waals surface area contributed by atoms with Crippen LogP contribution in [-0.4, -0.2) is 26.0 Å². The van der Waals surface area contributed by atoms with Gasteiger partial charge in [-0.1, -0.05) is 12.1 Å². The van der Waals surface area contributed by atoms with Gasteiger partial charge in [-0.2, -0.15) is 0 Å². The first-order chi connectivity index (χ1) is 12.3. The topological polar surface area (TPSA) is 74.7 Å². The third kappa shape index (κ3) is 3.55. The lowest BCUT2D eigenvalue weighted by atomic mass is 10.0. The van der Waals surface area contributed by atoms with Crippen molar-refractivity contribution in [3.63, 3.8) is 0 Å². The van der Waals surface area contributed by atoms with E-state index in [1.165, 1.54) is 12.1 Å². The Kier molecular flexibility index (Phi) is 4.95. The zero-order chi connectivity index (χ0) is 18.9. The van der Waals surface area contributed by atoms with Gasteiger partial charge in [0.25, 0.3) is 10.0 Å². The number of hydrogen-bond donors (Lipinski definition) is 1. The third-order valence-electron chi connectivity index (χ3n) is 4.34. The standard InChI is InChI=1S/C18H17F2NO4S/c19-15-10-13-2-1-9-21(17(13)11-16(15)20)26(24,25)14-6-3-12(4-7-14)5-8-18(22)23/h3-4,6-7,10-11H,1-2,5,8-9H2,(H,22,23). The molecule has 0 atom stereocenters. The molecular weight excluding hydrogens is 364 g/mol. The number of fused-ring (bicyclic) bond motifs is 1. The Morgan fingerprint density at radius 3 is 2.42 bits per heavy atom. The quantitative estimate of drug-likeness (QED) is 0.864. The van der Waals surface area contributed by atoms with Crippen LogP contribution >= 0.6 is 0 Å². The van der Waals surface area contributed by atoms with E-state index in [0.29, 0.717) is 30.4 Å². The number of aryl methyl sites for hydroxylation is 2. The fourth-order valence-corrected chi connectivity index (χ4v) is 4.53. The number of benzene rings is 2. The van der Waals surface area contributed by atoms with Gasteiger partial charge in [-0.25, -0.2) is 17.2 Å². The molecular formula is C18H17F2NO4S. The van der Waals surface area contributed by atoms with E-state index in [-0.39, 0.29) is 23.5 Å². The van der Waals surface area contributed by atoms with Crippen LogP contribution < -0.4 is 4.31 Å². The molecule has 1 heterocycles. The maximum atomic E-state index is 13.6. The van der Waals surface area contributed by atoms with Gasteiger partial charge in [0.2, 0.25) is 0 Å². The van der Waals surface area contributed by atoms with Gasteiger partial charge in [-0.05, 0) is 48.6 Å². The first-order valence-corrected chi connectivity index (χ1v) is 9.54. The summed E-state index contributed by atoms with van der Waals surface area (Å²) in [4.78, 5) is 10.6. The minimum absolute atomic E-state index is 0.0224. The Bertz CT molecular complexity index is 942. The highest BCUT2D eigenvalue weighted by Crippen LogP contribution is 2.33. The molecule has 0 unspecified atom stereocenters. The number of anilines is 1. The number of nitrogens with zero attached hydrogens (tertiary/aromatic N) is 1. The van der Waals surface area contributed by atoms with Crippen LogP contribution in [0.1, 0.15) is 24.0 Å². The number of carboxylic acid groups (broad SMARTS) is 1. The highest BCUT2D eigenvalue weighted by Gasteiger charge is 2.30. The zero-order valence-corrected chi connectivity index (χ0v) is 14.6. The lowest BCUT2D eigenvalue weighted by Crippen LogP contribution is -2.35. The molecule has 0 fully saturated rings. The highest BCUT2D eigenvalue weighted by molar-refractivity contribution is 7.92. The Labute approximate surface area is 149 Å². The first-order valence-electron chi connectivity index (χ1n) is 8.10. The van der Waals surface area contributed by atoms with E-state index < -0.39 is 27.6 Å². The molecule has 1 aliphatic heterocycles. The van der Waals surface area contributed by atoms with Crippen LogP contribution in [0.3, 0.4) is 0 Å². The molecule has 0 spiro atoms. The van der Waals surface area contributed by atoms with Gasteiger partial charge in [0.15, 0.2) is 11.6 Å². The molecule has 0 aromatic heterocycles. The van der Waals surface area contributed by atoms with Crippen molar-refractivity contribution in [2.24, 2.45) is 0 Å². The van der Waals surface area contributed by atoms with Crippen LogP contribution in [-0.2, 0) is 27.7 Å². The van der Waals surface area contributed by atoms with Crippen molar-refractivity contribution in [1.82, 2.24) is 0 Å². The third-order valence-corrected chi connectivity index (χ3v) is 6.16. The minimum Gasteiger partial charge on any atom is -0.481 e. The molecule has 0 saturated carbocycles. The highest BCUT2D eigenvalue weighted by atomic mass is 32.2. The summed E-state index contributed by atoms with van der Waals surface area (Å²) < 4.78 is 54.0. The second-order valence-electron chi connectivity index (χ2n) is 6.11. The summed E-state index contributed by atoms with van der Waals surface area (Å²) in [5, 5.41) is 8.70. The van der Waals surface area contributed by atoms with Crippen LogP contribution in [0.2, 0.25) is 0 Å². The molecule has 0 bridgehead atoms. The summed E-state index contributed by atoms with van der Waals surface area (Å²) in [6.45, 7) is 0.182. The van der Waals surface area contributed by atoms with E-state index >= 15 is 0 Å². The summed E-state index contributed by atoms with van der Waals surface area (Å²) >= 11 is 0. The predicted molar refractivity (Wildman–Crippen MR) is 91.6 cm³/mol. The number of carboxylic acids is 1. The molecule has 1 N–H and O–H groups in total. The average molecular weight is 381 g/mol. The maximum Gasteiger partial charge on any atom is 0.303 e. The Balaban J connectivity index is 1.92. The molecule has 0 aliphatic carbocycles. The van der Waals surface area contributed by atoms with E-state index in [2.05, 4.69) is 0 Å². The maximum absolute atomic E-state index is 13.6. The Morgan fingerprint density at radius 1 is 1.12 bits per heavy atom. The fourth-order valence-electron chi connectivity index (χ4n) is 3.00. The van der Waals surface area contributed by atoms with Gasteiger partial charge < -0.3 is 5.11 Å². The van der Waals surface area contributed by atoms with Crippen molar-refractivity contribution in [2.75, 3.05) is 10.8 Å². The summed E-state index contributed by atoms with van der Waals surface area (Å²) in [6, 6.07) is 7.89. The molecule has 2 aromatic carbocycles. The van der Waals surface area contributed by atoms with Crippen molar-refractivity contribution >= 4 is 21.7 Å². The van der Waals surface area contributed by atoms with Crippen LogP contribution in [0.25, 0.3) is 0 Å². The lowest BCUT2D eigenvalue weighted by molar-refractivity contribution is -0.136. The van der Waals surface area contributed by atoms with Gasteiger partial charge in [0.05, 0.1) is 10.6 Å². The van der Waals surface area contributed by atoms with Gasteiger partial charge in [0, 0.05) is 19.0 Å². The van der Waals surface area contributed by atoms with E-state index in [4.69, 9.17) is 5.11 Å². The predicted octanol–water partition coefficient (Wildman–Crippen LogP) is 3.12. The van der Waals surface area contributed by atoms with Crippen molar-refractivity contribution in [3.8, 4) is 0 Å². The summed E-state index contributed by atoms with van der Waals surface area (Å²) in [6.07, 6.45) is 1.24. The van der Waals surface area contributed by atoms with Crippen LogP contribution in [0.4, 0.5) is 14.5 Å². The van der Waals surface area contributed by atoms with Crippen molar-refractivity contribution in [2.45, 2.75) is 30.6 Å². The van der Waals surface area contributed by atoms with E-state index in [1.807, 2.05) is 0 Å². The summed E-state index contributed by atoms with van der Waals surface area (Å²) in [5.41, 5.74) is 1.32. The molecule has 0 saturated heterocycles. The lowest BCUT2D eigenvalue weighted by Gasteiger charge is -2.30. The van der Waals surface area contributed by atoms with Crippen LogP contribution in [0.5, 0.6) is 0 Å². The molecule has 2 aromatic rings. The van der Waals surface area contributed by atoms with Gasteiger partial charge in [-0.3, -0.25) is 9.10 Å². The zero-order valence-electron chi connectivity index (χ0n) is 13.8. The van der Waals surface area contributed by atoms with E-state index in [1.54, 1.807) is 12.1 Å². The average Bonchev–Trinajstić information content (AvgIpc) is 2.60. The first kappa shape index (κ1) is 18.3. The summed E-state index contributed by atoms with van der Waals surface area (Å²) in [5.74, 6) is -3.01. The fraction of sp³-hybridized carbons (Fsp3) is 0.278. The number of aliphatic carboxylic acids is 1.